The molecule has 2 rings (SSSR count). The highest BCUT2D eigenvalue weighted by Crippen LogP contribution is 2.27. The zero-order valence-electron chi connectivity index (χ0n) is 9.71. The van der Waals surface area contributed by atoms with Gasteiger partial charge in [0.05, 0.1) is 6.26 Å². The molecular weight excluding hydrogens is 260 g/mol. The lowest BCUT2D eigenvalue weighted by Gasteiger charge is -2.15. The van der Waals surface area contributed by atoms with Gasteiger partial charge in [-0.1, -0.05) is 12.1 Å². The molecule has 1 N–H and O–H groups in total. The van der Waals surface area contributed by atoms with E-state index in [-0.39, 0.29) is 11.3 Å². The Morgan fingerprint density at radius 1 is 1.33 bits per heavy atom. The Bertz CT molecular complexity index is 542. The summed E-state index contributed by atoms with van der Waals surface area (Å²) in [7, 11) is 1.73. The summed E-state index contributed by atoms with van der Waals surface area (Å²) in [6.45, 7) is 0. The lowest BCUT2D eigenvalue weighted by atomic mass is 10.0. The van der Waals surface area contributed by atoms with E-state index in [2.05, 4.69) is 5.32 Å². The Balaban J connectivity index is 2.26. The largest absolute Gasteiger partial charge is 0.453 e. The van der Waals surface area contributed by atoms with Crippen LogP contribution in [0.25, 0.3) is 0 Å². The Hall–Kier alpha value is -1.39. The van der Waals surface area contributed by atoms with E-state index < -0.39 is 11.6 Å². The number of benzene rings is 1. The fourth-order valence-corrected chi connectivity index (χ4v) is 2.09. The molecule has 0 aliphatic heterocycles. The van der Waals surface area contributed by atoms with E-state index in [1.165, 1.54) is 12.3 Å². The normalized spacial score (nSPS) is 12.7. The lowest BCUT2D eigenvalue weighted by molar-refractivity contribution is 0.485. The number of hydrogen-bond donors (Lipinski definition) is 1. The molecule has 0 amide bonds. The first-order valence-corrected chi connectivity index (χ1v) is 5.84. The zero-order chi connectivity index (χ0) is 13.1. The van der Waals surface area contributed by atoms with E-state index in [0.717, 1.165) is 11.6 Å². The van der Waals surface area contributed by atoms with Gasteiger partial charge in [0.15, 0.2) is 16.9 Å². The molecule has 1 atom stereocenters. The Labute approximate surface area is 109 Å². The Morgan fingerprint density at radius 2 is 2.11 bits per heavy atom. The van der Waals surface area contributed by atoms with Crippen LogP contribution in [0.4, 0.5) is 8.78 Å². The summed E-state index contributed by atoms with van der Waals surface area (Å²) < 4.78 is 31.7. The van der Waals surface area contributed by atoms with Gasteiger partial charge < -0.3 is 9.73 Å². The van der Waals surface area contributed by atoms with E-state index in [1.54, 1.807) is 19.2 Å². The smallest absolute Gasteiger partial charge is 0.197 e. The third kappa shape index (κ3) is 2.54. The highest BCUT2D eigenvalue weighted by atomic mass is 35.5. The van der Waals surface area contributed by atoms with Crippen LogP contribution < -0.4 is 5.32 Å². The van der Waals surface area contributed by atoms with Crippen LogP contribution in [0.2, 0.25) is 5.22 Å². The fourth-order valence-electron chi connectivity index (χ4n) is 1.85. The molecule has 0 saturated carbocycles. The lowest BCUT2D eigenvalue weighted by Crippen LogP contribution is -2.19. The second kappa shape index (κ2) is 5.50. The highest BCUT2D eigenvalue weighted by Gasteiger charge is 2.18. The highest BCUT2D eigenvalue weighted by molar-refractivity contribution is 6.29. The van der Waals surface area contributed by atoms with E-state index in [0.29, 0.717) is 12.0 Å². The molecule has 2 nitrogen and oxygen atoms in total. The molecule has 1 unspecified atom stereocenters. The number of likely N-dealkylation sites (N-methyl/N-ethyl adjacent to an activating group) is 1. The molecule has 1 aromatic carbocycles. The zero-order valence-corrected chi connectivity index (χ0v) is 10.5. The van der Waals surface area contributed by atoms with Crippen molar-refractivity contribution in [1.29, 1.82) is 0 Å². The summed E-state index contributed by atoms with van der Waals surface area (Å²) in [5, 5.41) is 3.26. The third-order valence-electron chi connectivity index (χ3n) is 2.83. The average Bonchev–Trinajstić information content (AvgIpc) is 2.77. The average molecular weight is 272 g/mol. The molecule has 18 heavy (non-hydrogen) atoms. The Morgan fingerprint density at radius 3 is 2.72 bits per heavy atom. The SMILES string of the molecule is CNC(Cc1cccc(F)c1F)c1ccoc1Cl. The summed E-state index contributed by atoms with van der Waals surface area (Å²) >= 11 is 5.88. The maximum atomic E-state index is 13.6. The number of rotatable bonds is 4. The van der Waals surface area contributed by atoms with Crippen LogP contribution in [0.3, 0.4) is 0 Å². The van der Waals surface area contributed by atoms with Gasteiger partial charge in [0.1, 0.15) is 0 Å². The molecule has 0 saturated heterocycles. The molecule has 1 heterocycles. The van der Waals surface area contributed by atoms with Crippen LogP contribution in [0.15, 0.2) is 34.9 Å². The molecule has 1 aromatic heterocycles. The number of halogens is 3. The molecule has 0 aliphatic carbocycles. The van der Waals surface area contributed by atoms with Crippen molar-refractivity contribution in [3.05, 3.63) is 58.5 Å². The number of nitrogens with one attached hydrogen (secondary N) is 1. The maximum absolute atomic E-state index is 13.6. The maximum Gasteiger partial charge on any atom is 0.197 e. The van der Waals surface area contributed by atoms with Crippen molar-refractivity contribution >= 4 is 11.6 Å². The van der Waals surface area contributed by atoms with Gasteiger partial charge in [-0.25, -0.2) is 8.78 Å². The van der Waals surface area contributed by atoms with Gasteiger partial charge in [-0.05, 0) is 42.8 Å². The molecule has 0 bridgehead atoms. The predicted molar refractivity (Wildman–Crippen MR) is 65.6 cm³/mol. The minimum absolute atomic E-state index is 0.229. The summed E-state index contributed by atoms with van der Waals surface area (Å²) in [6, 6.07) is 5.61. The molecule has 2 aromatic rings. The van der Waals surface area contributed by atoms with Gasteiger partial charge in [-0.2, -0.15) is 0 Å². The monoisotopic (exact) mass is 271 g/mol. The van der Waals surface area contributed by atoms with Gasteiger partial charge in [-0.15, -0.1) is 0 Å². The van der Waals surface area contributed by atoms with Crippen LogP contribution in [0, 0.1) is 11.6 Å². The first-order chi connectivity index (χ1) is 8.63. The van der Waals surface area contributed by atoms with E-state index in [1.807, 2.05) is 0 Å². The van der Waals surface area contributed by atoms with Crippen molar-refractivity contribution in [2.45, 2.75) is 12.5 Å². The van der Waals surface area contributed by atoms with Gasteiger partial charge >= 0.3 is 0 Å². The molecule has 5 heteroatoms. The minimum atomic E-state index is -0.847. The standard InChI is InChI=1S/C13H12ClF2NO/c1-17-11(9-5-6-18-13(9)14)7-8-3-2-4-10(15)12(8)16/h2-6,11,17H,7H2,1H3. The molecule has 0 spiro atoms. The number of hydrogen-bond acceptors (Lipinski definition) is 2. The molecule has 96 valence electrons. The van der Waals surface area contributed by atoms with Crippen molar-refractivity contribution in [2.75, 3.05) is 7.05 Å². The van der Waals surface area contributed by atoms with Crippen molar-refractivity contribution in [3.63, 3.8) is 0 Å². The van der Waals surface area contributed by atoms with Crippen molar-refractivity contribution < 1.29 is 13.2 Å². The van der Waals surface area contributed by atoms with Crippen LogP contribution in [0.1, 0.15) is 17.2 Å². The van der Waals surface area contributed by atoms with Crippen LogP contribution >= 0.6 is 11.6 Å². The van der Waals surface area contributed by atoms with Crippen molar-refractivity contribution in [1.82, 2.24) is 5.32 Å². The summed E-state index contributed by atoms with van der Waals surface area (Å²) in [5.74, 6) is -1.67. The third-order valence-corrected chi connectivity index (χ3v) is 3.13. The summed E-state index contributed by atoms with van der Waals surface area (Å²) in [6.07, 6.45) is 1.75. The second-order valence-corrected chi connectivity index (χ2v) is 4.25. The Kier molecular flexibility index (Phi) is 3.99. The second-order valence-electron chi connectivity index (χ2n) is 3.91. The van der Waals surface area contributed by atoms with Gasteiger partial charge in [-0.3, -0.25) is 0 Å². The minimum Gasteiger partial charge on any atom is -0.453 e. The van der Waals surface area contributed by atoms with Crippen molar-refractivity contribution in [3.8, 4) is 0 Å². The molecular formula is C13H12ClF2NO. The summed E-state index contributed by atoms with van der Waals surface area (Å²) in [4.78, 5) is 0. The molecule has 0 aliphatic rings. The van der Waals surface area contributed by atoms with Gasteiger partial charge in [0, 0.05) is 11.6 Å². The van der Waals surface area contributed by atoms with Gasteiger partial charge in [0.25, 0.3) is 0 Å². The van der Waals surface area contributed by atoms with Crippen LogP contribution in [-0.4, -0.2) is 7.05 Å². The first kappa shape index (κ1) is 13.1. The first-order valence-electron chi connectivity index (χ1n) is 5.46. The quantitative estimate of drug-likeness (QED) is 0.917. The van der Waals surface area contributed by atoms with E-state index >= 15 is 0 Å². The molecule has 0 fully saturated rings. The van der Waals surface area contributed by atoms with Crippen LogP contribution in [0.5, 0.6) is 0 Å². The molecule has 0 radical (unpaired) electrons. The van der Waals surface area contributed by atoms with E-state index in [9.17, 15) is 8.78 Å². The van der Waals surface area contributed by atoms with Gasteiger partial charge in [0.2, 0.25) is 0 Å². The van der Waals surface area contributed by atoms with E-state index in [4.69, 9.17) is 16.0 Å². The van der Waals surface area contributed by atoms with Crippen molar-refractivity contribution in [2.24, 2.45) is 0 Å². The fraction of sp³-hybridized carbons (Fsp3) is 0.231. The predicted octanol–water partition coefficient (Wildman–Crippen LogP) is 3.71. The number of furan rings is 1. The topological polar surface area (TPSA) is 25.2 Å². The summed E-state index contributed by atoms with van der Waals surface area (Å²) in [5.41, 5.74) is 1.02. The van der Waals surface area contributed by atoms with Crippen LogP contribution in [-0.2, 0) is 6.42 Å².